The number of fused-ring (bicyclic) bond motifs is 5. The summed E-state index contributed by atoms with van der Waals surface area (Å²) in [5.41, 5.74) is -0.0554. The van der Waals surface area contributed by atoms with E-state index in [4.69, 9.17) is 14.2 Å². The molecule has 0 spiro atoms. The second-order valence-corrected chi connectivity index (χ2v) is 10.4. The SMILES string of the molecule is CCOC(=O)C1=CN2C3CC4OC5CCCCC5C4CC3OC3C(F)C(F)CC(C1=O)C32. The Kier molecular flexibility index (Phi) is 5.10. The Morgan fingerprint density at radius 3 is 2.72 bits per heavy atom. The molecule has 3 aliphatic heterocycles. The monoisotopic (exact) mass is 451 g/mol. The molecule has 32 heavy (non-hydrogen) atoms. The van der Waals surface area contributed by atoms with Crippen LogP contribution in [0.4, 0.5) is 8.78 Å². The predicted octanol–water partition coefficient (Wildman–Crippen LogP) is 2.89. The maximum atomic E-state index is 15.0. The fraction of sp³-hybridized carbons (Fsp3) is 0.833. The highest BCUT2D eigenvalue weighted by Gasteiger charge is 2.61. The fourth-order valence-corrected chi connectivity index (χ4v) is 7.53. The van der Waals surface area contributed by atoms with Crippen LogP contribution in [0.2, 0.25) is 0 Å². The summed E-state index contributed by atoms with van der Waals surface area (Å²) in [6.07, 6.45) is 3.01. The van der Waals surface area contributed by atoms with Gasteiger partial charge < -0.3 is 19.1 Å². The van der Waals surface area contributed by atoms with Gasteiger partial charge >= 0.3 is 5.97 Å². The molecule has 2 saturated heterocycles. The van der Waals surface area contributed by atoms with Gasteiger partial charge in [0.15, 0.2) is 12.0 Å². The number of alkyl halides is 2. The third-order valence-electron chi connectivity index (χ3n) is 8.86. The van der Waals surface area contributed by atoms with Crippen LogP contribution in [0.5, 0.6) is 0 Å². The molecule has 3 aliphatic carbocycles. The third kappa shape index (κ3) is 3.01. The lowest BCUT2D eigenvalue weighted by Crippen LogP contribution is -2.71. The summed E-state index contributed by atoms with van der Waals surface area (Å²) in [4.78, 5) is 27.6. The number of ketones is 1. The molecule has 0 aromatic rings. The van der Waals surface area contributed by atoms with Crippen molar-refractivity contribution in [2.45, 2.75) is 101 Å². The normalized spacial score (nSPS) is 49.3. The molecule has 6 nitrogen and oxygen atoms in total. The van der Waals surface area contributed by atoms with Crippen molar-refractivity contribution >= 4 is 11.8 Å². The number of morpholine rings is 1. The summed E-state index contributed by atoms with van der Waals surface area (Å²) in [5.74, 6) is -1.07. The molecule has 0 aromatic heterocycles. The quantitative estimate of drug-likeness (QED) is 0.475. The van der Waals surface area contributed by atoms with E-state index in [1.165, 1.54) is 12.8 Å². The number of halogens is 2. The molecule has 6 aliphatic rings. The number of Topliss-reactive ketones (excluding diaryl/α,β-unsaturated/α-hetero) is 1. The lowest BCUT2D eigenvalue weighted by atomic mass is 9.67. The Morgan fingerprint density at radius 2 is 1.91 bits per heavy atom. The van der Waals surface area contributed by atoms with Crippen LogP contribution in [0.1, 0.15) is 51.9 Å². The van der Waals surface area contributed by atoms with Crippen LogP contribution in [0.25, 0.3) is 0 Å². The van der Waals surface area contributed by atoms with Crippen LogP contribution in [-0.2, 0) is 23.8 Å². The molecule has 0 bridgehead atoms. The maximum absolute atomic E-state index is 15.0. The topological polar surface area (TPSA) is 65.1 Å². The first-order valence-corrected chi connectivity index (χ1v) is 12.3. The van der Waals surface area contributed by atoms with Gasteiger partial charge in [0.2, 0.25) is 0 Å². The third-order valence-corrected chi connectivity index (χ3v) is 8.86. The van der Waals surface area contributed by atoms with E-state index in [0.29, 0.717) is 11.8 Å². The minimum absolute atomic E-state index is 0.0554. The number of esters is 1. The molecule has 0 radical (unpaired) electrons. The van der Waals surface area contributed by atoms with Gasteiger partial charge in [-0.2, -0.15) is 0 Å². The van der Waals surface area contributed by atoms with Crippen molar-refractivity contribution in [2.75, 3.05) is 6.61 Å². The Hall–Kier alpha value is -1.54. The summed E-state index contributed by atoms with van der Waals surface area (Å²) < 4.78 is 47.6. The first-order valence-electron chi connectivity index (χ1n) is 12.3. The average Bonchev–Trinajstić information content (AvgIpc) is 3.15. The molecule has 11 atom stereocenters. The van der Waals surface area contributed by atoms with Crippen LogP contribution in [-0.4, -0.2) is 72.1 Å². The highest BCUT2D eigenvalue weighted by molar-refractivity contribution is 6.18. The van der Waals surface area contributed by atoms with E-state index in [2.05, 4.69) is 0 Å². The summed E-state index contributed by atoms with van der Waals surface area (Å²) in [6.45, 7) is 1.83. The van der Waals surface area contributed by atoms with E-state index in [1.54, 1.807) is 13.1 Å². The van der Waals surface area contributed by atoms with E-state index in [1.807, 2.05) is 4.90 Å². The molecule has 8 heteroatoms. The Balaban J connectivity index is 1.36. The van der Waals surface area contributed by atoms with Crippen molar-refractivity contribution in [2.24, 2.45) is 17.8 Å². The van der Waals surface area contributed by atoms with Crippen molar-refractivity contribution in [3.8, 4) is 0 Å². The van der Waals surface area contributed by atoms with E-state index < -0.39 is 42.2 Å². The van der Waals surface area contributed by atoms with Gasteiger partial charge in [-0.15, -0.1) is 0 Å². The lowest BCUT2D eigenvalue weighted by molar-refractivity contribution is -0.220. The van der Waals surface area contributed by atoms with Crippen LogP contribution < -0.4 is 0 Å². The Morgan fingerprint density at radius 1 is 1.09 bits per heavy atom. The van der Waals surface area contributed by atoms with Crippen molar-refractivity contribution in [3.05, 3.63) is 11.8 Å². The molecule has 3 saturated carbocycles. The van der Waals surface area contributed by atoms with Gasteiger partial charge in [0.1, 0.15) is 17.8 Å². The zero-order valence-corrected chi connectivity index (χ0v) is 18.3. The first kappa shape index (κ1) is 21.0. The standard InChI is InChI=1S/C24H31F2NO5/c1-2-30-24(29)14-10-27-16-9-18-12(11-5-3-4-6-17(11)31-18)8-19(16)32-23-20(26)15(25)7-13(21(23)27)22(14)28/h10-13,15-21,23H,2-9H2,1H3. The number of carbonyl (C=O) groups is 2. The van der Waals surface area contributed by atoms with Gasteiger partial charge in [0, 0.05) is 12.1 Å². The molecule has 0 aromatic carbocycles. The van der Waals surface area contributed by atoms with Crippen LogP contribution >= 0.6 is 0 Å². The van der Waals surface area contributed by atoms with Crippen molar-refractivity contribution in [3.63, 3.8) is 0 Å². The number of nitrogens with zero attached hydrogens (tertiary/aromatic N) is 1. The summed E-state index contributed by atoms with van der Waals surface area (Å²) in [5, 5.41) is 0. The van der Waals surface area contributed by atoms with Gasteiger partial charge in [-0.3, -0.25) is 4.79 Å². The predicted molar refractivity (Wildman–Crippen MR) is 109 cm³/mol. The summed E-state index contributed by atoms with van der Waals surface area (Å²) in [6, 6.07) is -0.717. The highest BCUT2D eigenvalue weighted by Crippen LogP contribution is 2.52. The zero-order valence-electron chi connectivity index (χ0n) is 18.3. The van der Waals surface area contributed by atoms with Crippen LogP contribution in [0, 0.1) is 17.8 Å². The average molecular weight is 452 g/mol. The zero-order chi connectivity index (χ0) is 22.1. The second-order valence-electron chi connectivity index (χ2n) is 10.4. The van der Waals surface area contributed by atoms with Gasteiger partial charge in [-0.1, -0.05) is 12.8 Å². The van der Waals surface area contributed by atoms with Crippen LogP contribution in [0.15, 0.2) is 11.8 Å². The smallest absolute Gasteiger partial charge is 0.343 e. The minimum Gasteiger partial charge on any atom is -0.462 e. The van der Waals surface area contributed by atoms with Gasteiger partial charge in [0.25, 0.3) is 0 Å². The second kappa shape index (κ2) is 7.76. The van der Waals surface area contributed by atoms with E-state index in [0.717, 1.165) is 25.7 Å². The molecule has 0 amide bonds. The van der Waals surface area contributed by atoms with Crippen LogP contribution in [0.3, 0.4) is 0 Å². The summed E-state index contributed by atoms with van der Waals surface area (Å²) >= 11 is 0. The van der Waals surface area contributed by atoms with Crippen molar-refractivity contribution < 1.29 is 32.6 Å². The number of hydrogen-bond donors (Lipinski definition) is 0. The number of rotatable bonds is 2. The molecule has 11 unspecified atom stereocenters. The maximum Gasteiger partial charge on any atom is 0.343 e. The Labute approximate surface area is 186 Å². The van der Waals surface area contributed by atoms with Crippen molar-refractivity contribution in [1.29, 1.82) is 0 Å². The number of hydrogen-bond acceptors (Lipinski definition) is 6. The number of ether oxygens (including phenoxy) is 3. The molecule has 6 rings (SSSR count). The van der Waals surface area contributed by atoms with E-state index >= 15 is 4.39 Å². The molecular formula is C24H31F2NO5. The Bertz CT molecular complexity index is 835. The molecule has 0 N–H and O–H groups in total. The largest absolute Gasteiger partial charge is 0.462 e. The van der Waals surface area contributed by atoms with E-state index in [-0.39, 0.29) is 43.0 Å². The van der Waals surface area contributed by atoms with Gasteiger partial charge in [-0.25, -0.2) is 13.6 Å². The lowest BCUT2D eigenvalue weighted by Gasteiger charge is -2.58. The first-order chi connectivity index (χ1) is 15.5. The van der Waals surface area contributed by atoms with Crippen molar-refractivity contribution in [1.82, 2.24) is 4.90 Å². The highest BCUT2D eigenvalue weighted by atomic mass is 19.2. The fourth-order valence-electron chi connectivity index (χ4n) is 7.53. The van der Waals surface area contributed by atoms with Gasteiger partial charge in [-0.05, 0) is 50.9 Å². The number of carbonyl (C=O) groups excluding carboxylic acids is 2. The molecule has 176 valence electrons. The van der Waals surface area contributed by atoms with Gasteiger partial charge in [0.05, 0.1) is 37.0 Å². The van der Waals surface area contributed by atoms with E-state index in [9.17, 15) is 14.0 Å². The summed E-state index contributed by atoms with van der Waals surface area (Å²) in [7, 11) is 0. The molecular weight excluding hydrogens is 420 g/mol. The molecule has 5 fully saturated rings. The minimum atomic E-state index is -1.78. The molecule has 3 heterocycles.